The zero-order valence-electron chi connectivity index (χ0n) is 11.5. The summed E-state index contributed by atoms with van der Waals surface area (Å²) < 4.78 is 5.40. The number of rotatable bonds is 6. The molecule has 3 fully saturated rings. The molecule has 19 heavy (non-hydrogen) atoms. The Morgan fingerprint density at radius 2 is 1.95 bits per heavy atom. The molecular weight excluding hydrogens is 242 g/mol. The normalized spacial score (nSPS) is 30.7. The summed E-state index contributed by atoms with van der Waals surface area (Å²) in [6.07, 6.45) is 6.77. The number of aliphatic hydroxyl groups is 1. The summed E-state index contributed by atoms with van der Waals surface area (Å²) >= 11 is 0. The zero-order valence-corrected chi connectivity index (χ0v) is 11.5. The first-order valence-corrected chi connectivity index (χ1v) is 7.78. The monoisotopic (exact) mass is 267 g/mol. The third-order valence-electron chi connectivity index (χ3n) is 4.87. The van der Waals surface area contributed by atoms with Crippen LogP contribution in [0, 0.1) is 23.7 Å². The fourth-order valence-electron chi connectivity index (χ4n) is 3.34. The maximum Gasteiger partial charge on any atom is 0.225 e. The van der Waals surface area contributed by atoms with E-state index in [1.54, 1.807) is 0 Å². The van der Waals surface area contributed by atoms with E-state index in [1.807, 2.05) is 0 Å². The molecule has 2 N–H and O–H groups in total. The molecule has 2 saturated carbocycles. The molecule has 108 valence electrons. The van der Waals surface area contributed by atoms with Crippen molar-refractivity contribution < 1.29 is 14.6 Å². The summed E-state index contributed by atoms with van der Waals surface area (Å²) in [6, 6.07) is 0.201. The largest absolute Gasteiger partial charge is 0.396 e. The Balaban J connectivity index is 1.58. The van der Waals surface area contributed by atoms with Gasteiger partial charge in [-0.05, 0) is 50.4 Å². The van der Waals surface area contributed by atoms with Gasteiger partial charge in [0.25, 0.3) is 0 Å². The number of ether oxygens (including phenoxy) is 1. The van der Waals surface area contributed by atoms with Crippen molar-refractivity contribution in [3.63, 3.8) is 0 Å². The van der Waals surface area contributed by atoms with Crippen LogP contribution >= 0.6 is 0 Å². The van der Waals surface area contributed by atoms with Crippen molar-refractivity contribution in [3.05, 3.63) is 0 Å². The minimum absolute atomic E-state index is 0.0218. The summed E-state index contributed by atoms with van der Waals surface area (Å²) in [5, 5.41) is 12.9. The molecule has 0 spiro atoms. The average molecular weight is 267 g/mol. The molecule has 3 aliphatic rings. The van der Waals surface area contributed by atoms with Crippen LogP contribution in [0.3, 0.4) is 0 Å². The van der Waals surface area contributed by atoms with E-state index < -0.39 is 0 Å². The molecule has 4 nitrogen and oxygen atoms in total. The van der Waals surface area contributed by atoms with Crippen molar-refractivity contribution in [1.82, 2.24) is 5.32 Å². The highest BCUT2D eigenvalue weighted by molar-refractivity contribution is 5.79. The molecule has 1 heterocycles. The molecule has 4 heteroatoms. The van der Waals surface area contributed by atoms with Gasteiger partial charge >= 0.3 is 0 Å². The Morgan fingerprint density at radius 3 is 2.47 bits per heavy atom. The van der Waals surface area contributed by atoms with E-state index in [0.717, 1.165) is 19.4 Å². The first-order valence-electron chi connectivity index (χ1n) is 7.78. The number of hydrogen-bond donors (Lipinski definition) is 2. The number of carbonyl (C=O) groups excluding carboxylic acids is 1. The van der Waals surface area contributed by atoms with E-state index in [2.05, 4.69) is 5.32 Å². The standard InChI is InChI=1S/C15H25NO3/c17-8-13(10-3-4-10)14(11-5-6-11)16-15(18)12-2-1-7-19-9-12/h10-14,17H,1-9H2,(H,16,18)/t12-,13+,14-/m1/s1. The Hall–Kier alpha value is -0.610. The van der Waals surface area contributed by atoms with E-state index >= 15 is 0 Å². The first kappa shape index (κ1) is 13.4. The van der Waals surface area contributed by atoms with Crippen LogP contribution in [0.4, 0.5) is 0 Å². The Bertz CT molecular complexity index is 319. The van der Waals surface area contributed by atoms with Gasteiger partial charge in [0.15, 0.2) is 0 Å². The molecule has 1 amide bonds. The van der Waals surface area contributed by atoms with Crippen molar-refractivity contribution >= 4 is 5.91 Å². The van der Waals surface area contributed by atoms with Gasteiger partial charge in [-0.25, -0.2) is 0 Å². The maximum absolute atomic E-state index is 12.3. The molecule has 0 aromatic heterocycles. The van der Waals surface area contributed by atoms with E-state index in [0.29, 0.717) is 18.4 Å². The van der Waals surface area contributed by atoms with Gasteiger partial charge in [0.05, 0.1) is 12.5 Å². The van der Waals surface area contributed by atoms with E-state index in [-0.39, 0.29) is 30.4 Å². The molecule has 0 aromatic carbocycles. The molecule has 0 aromatic rings. The van der Waals surface area contributed by atoms with Crippen LogP contribution in [0.1, 0.15) is 38.5 Å². The predicted octanol–water partition coefficient (Wildman–Crippen LogP) is 1.33. The minimum atomic E-state index is 0.0218. The van der Waals surface area contributed by atoms with Gasteiger partial charge in [-0.15, -0.1) is 0 Å². The Kier molecular flexibility index (Phi) is 4.08. The van der Waals surface area contributed by atoms with Crippen LogP contribution in [0.5, 0.6) is 0 Å². The highest BCUT2D eigenvalue weighted by Crippen LogP contribution is 2.45. The molecule has 3 rings (SSSR count). The Labute approximate surface area is 114 Å². The smallest absolute Gasteiger partial charge is 0.225 e. The quantitative estimate of drug-likeness (QED) is 0.763. The maximum atomic E-state index is 12.3. The number of hydrogen-bond acceptors (Lipinski definition) is 3. The fourth-order valence-corrected chi connectivity index (χ4v) is 3.34. The molecule has 3 atom stereocenters. The molecular formula is C15H25NO3. The van der Waals surface area contributed by atoms with Crippen LogP contribution in [0.15, 0.2) is 0 Å². The van der Waals surface area contributed by atoms with E-state index in [1.165, 1.54) is 25.7 Å². The summed E-state index contributed by atoms with van der Waals surface area (Å²) in [6.45, 7) is 1.57. The van der Waals surface area contributed by atoms with Gasteiger partial charge in [0, 0.05) is 25.2 Å². The Morgan fingerprint density at radius 1 is 1.21 bits per heavy atom. The highest BCUT2D eigenvalue weighted by atomic mass is 16.5. The second kappa shape index (κ2) is 5.80. The van der Waals surface area contributed by atoms with Crippen LogP contribution < -0.4 is 5.32 Å². The SMILES string of the molecule is O=C(N[C@H](C1CC1)[C@@H](CO)C1CC1)[C@@H]1CCCOC1. The van der Waals surface area contributed by atoms with Crippen LogP contribution in [0.25, 0.3) is 0 Å². The molecule has 2 aliphatic carbocycles. The predicted molar refractivity (Wildman–Crippen MR) is 71.5 cm³/mol. The summed E-state index contributed by atoms with van der Waals surface area (Å²) in [5.74, 6) is 1.69. The van der Waals surface area contributed by atoms with Gasteiger partial charge in [-0.2, -0.15) is 0 Å². The first-order chi connectivity index (χ1) is 9.29. The second-order valence-electron chi connectivity index (χ2n) is 6.47. The van der Waals surface area contributed by atoms with E-state index in [4.69, 9.17) is 4.74 Å². The van der Waals surface area contributed by atoms with Crippen molar-refractivity contribution in [2.24, 2.45) is 23.7 Å². The zero-order chi connectivity index (χ0) is 13.2. The number of amides is 1. The molecule has 0 radical (unpaired) electrons. The third-order valence-corrected chi connectivity index (χ3v) is 4.87. The topological polar surface area (TPSA) is 58.6 Å². The summed E-state index contributed by atoms with van der Waals surface area (Å²) in [5.41, 5.74) is 0. The van der Waals surface area contributed by atoms with Crippen LogP contribution in [0.2, 0.25) is 0 Å². The van der Waals surface area contributed by atoms with Gasteiger partial charge in [-0.1, -0.05) is 0 Å². The van der Waals surface area contributed by atoms with Gasteiger partial charge < -0.3 is 15.2 Å². The van der Waals surface area contributed by atoms with Gasteiger partial charge in [-0.3, -0.25) is 4.79 Å². The third kappa shape index (κ3) is 3.29. The average Bonchev–Trinajstić information content (AvgIpc) is 3.29. The number of aliphatic hydroxyl groups excluding tert-OH is 1. The van der Waals surface area contributed by atoms with Gasteiger partial charge in [0.2, 0.25) is 5.91 Å². The lowest BCUT2D eigenvalue weighted by atomic mass is 9.90. The number of carbonyl (C=O) groups is 1. The molecule has 1 aliphatic heterocycles. The second-order valence-corrected chi connectivity index (χ2v) is 6.47. The van der Waals surface area contributed by atoms with Crippen molar-refractivity contribution in [2.45, 2.75) is 44.6 Å². The lowest BCUT2D eigenvalue weighted by Crippen LogP contribution is -2.47. The fraction of sp³-hybridized carbons (Fsp3) is 0.933. The van der Waals surface area contributed by atoms with Crippen molar-refractivity contribution in [3.8, 4) is 0 Å². The van der Waals surface area contributed by atoms with Crippen molar-refractivity contribution in [2.75, 3.05) is 19.8 Å². The summed E-state index contributed by atoms with van der Waals surface area (Å²) in [4.78, 5) is 12.3. The lowest BCUT2D eigenvalue weighted by molar-refractivity contribution is -0.130. The molecule has 1 saturated heterocycles. The van der Waals surface area contributed by atoms with Crippen molar-refractivity contribution in [1.29, 1.82) is 0 Å². The van der Waals surface area contributed by atoms with Gasteiger partial charge in [0.1, 0.15) is 0 Å². The molecule has 0 bridgehead atoms. The highest BCUT2D eigenvalue weighted by Gasteiger charge is 2.44. The molecule has 0 unspecified atom stereocenters. The number of nitrogens with one attached hydrogen (secondary N) is 1. The van der Waals surface area contributed by atoms with Crippen LogP contribution in [-0.4, -0.2) is 36.9 Å². The lowest BCUT2D eigenvalue weighted by Gasteiger charge is -2.29. The minimum Gasteiger partial charge on any atom is -0.396 e. The van der Waals surface area contributed by atoms with Crippen LogP contribution in [-0.2, 0) is 9.53 Å². The summed E-state index contributed by atoms with van der Waals surface area (Å²) in [7, 11) is 0. The van der Waals surface area contributed by atoms with E-state index in [9.17, 15) is 9.90 Å².